The predicted octanol–water partition coefficient (Wildman–Crippen LogP) is 2.61. The van der Waals surface area contributed by atoms with Gasteiger partial charge in [0, 0.05) is 5.70 Å². The number of nitrogens with one attached hydrogen (secondary N) is 1. The molecule has 116 valence electrons. The van der Waals surface area contributed by atoms with Gasteiger partial charge >= 0.3 is 5.97 Å². The van der Waals surface area contributed by atoms with Gasteiger partial charge in [0.1, 0.15) is 23.5 Å². The molecule has 0 saturated heterocycles. The summed E-state index contributed by atoms with van der Waals surface area (Å²) in [6.07, 6.45) is 1.50. The first-order valence-electron chi connectivity index (χ1n) is 7.34. The number of carbonyl (C=O) groups is 1. The van der Waals surface area contributed by atoms with Gasteiger partial charge in [-0.15, -0.1) is 0 Å². The zero-order chi connectivity index (χ0) is 16.4. The van der Waals surface area contributed by atoms with E-state index in [-0.39, 0.29) is 5.97 Å². The summed E-state index contributed by atoms with van der Waals surface area (Å²) in [6, 6.07) is 11.3. The minimum Gasteiger partial charge on any atom is -0.463 e. The highest BCUT2D eigenvalue weighted by Crippen LogP contribution is 2.37. The summed E-state index contributed by atoms with van der Waals surface area (Å²) in [7, 11) is 0. The third-order valence-electron chi connectivity index (χ3n) is 3.75. The van der Waals surface area contributed by atoms with E-state index in [0.29, 0.717) is 29.3 Å². The number of carbonyl (C=O) groups excluding carboxylic acids is 1. The van der Waals surface area contributed by atoms with Gasteiger partial charge in [-0.2, -0.15) is 10.4 Å². The van der Waals surface area contributed by atoms with E-state index in [1.54, 1.807) is 18.5 Å². The van der Waals surface area contributed by atoms with Crippen molar-refractivity contribution in [2.45, 2.75) is 19.9 Å². The lowest BCUT2D eigenvalue weighted by atomic mass is 9.95. The van der Waals surface area contributed by atoms with Crippen molar-refractivity contribution in [3.05, 3.63) is 58.9 Å². The van der Waals surface area contributed by atoms with Crippen molar-refractivity contribution < 1.29 is 9.53 Å². The number of benzene rings is 1. The second-order valence-corrected chi connectivity index (χ2v) is 5.16. The van der Waals surface area contributed by atoms with Crippen LogP contribution < -0.4 is 5.32 Å². The third-order valence-corrected chi connectivity index (χ3v) is 3.75. The van der Waals surface area contributed by atoms with E-state index in [2.05, 4.69) is 16.5 Å². The van der Waals surface area contributed by atoms with Crippen LogP contribution in [0.15, 0.2) is 47.8 Å². The van der Waals surface area contributed by atoms with E-state index in [9.17, 15) is 10.1 Å². The van der Waals surface area contributed by atoms with Crippen LogP contribution in [0.3, 0.4) is 0 Å². The molecule has 1 aliphatic rings. The Morgan fingerprint density at radius 3 is 2.83 bits per heavy atom. The molecule has 0 aliphatic carbocycles. The first kappa shape index (κ1) is 14.9. The zero-order valence-corrected chi connectivity index (χ0v) is 12.9. The molecule has 3 rings (SSSR count). The topological polar surface area (TPSA) is 79.9 Å². The maximum absolute atomic E-state index is 12.5. The first-order valence-corrected chi connectivity index (χ1v) is 7.34. The molecule has 0 fully saturated rings. The normalized spacial score (nSPS) is 16.3. The van der Waals surface area contributed by atoms with Crippen molar-refractivity contribution in [1.82, 2.24) is 9.78 Å². The van der Waals surface area contributed by atoms with Crippen LogP contribution in [0.2, 0.25) is 0 Å². The van der Waals surface area contributed by atoms with Gasteiger partial charge in [-0.3, -0.25) is 0 Å². The number of ether oxygens (including phenoxy) is 1. The first-order chi connectivity index (χ1) is 11.2. The molecule has 0 bridgehead atoms. The molecule has 0 amide bonds. The van der Waals surface area contributed by atoms with Crippen LogP contribution in [-0.4, -0.2) is 22.4 Å². The Balaban J connectivity index is 2.19. The molecule has 0 saturated carbocycles. The van der Waals surface area contributed by atoms with Gasteiger partial charge in [0.25, 0.3) is 0 Å². The minimum atomic E-state index is -0.423. The number of fused-ring (bicyclic) bond motifs is 1. The number of aromatic nitrogens is 2. The lowest BCUT2D eigenvalue weighted by Gasteiger charge is -2.29. The van der Waals surface area contributed by atoms with Crippen molar-refractivity contribution in [2.24, 2.45) is 0 Å². The highest BCUT2D eigenvalue weighted by molar-refractivity contribution is 5.92. The van der Waals surface area contributed by atoms with Gasteiger partial charge in [0.15, 0.2) is 0 Å². The quantitative estimate of drug-likeness (QED) is 0.882. The van der Waals surface area contributed by atoms with Crippen molar-refractivity contribution >= 4 is 11.8 Å². The van der Waals surface area contributed by atoms with Crippen molar-refractivity contribution in [2.75, 3.05) is 11.9 Å². The molecule has 6 nitrogen and oxygen atoms in total. The van der Waals surface area contributed by atoms with E-state index < -0.39 is 6.04 Å². The maximum atomic E-state index is 12.5. The molecule has 2 heterocycles. The molecule has 1 N–H and O–H groups in total. The Kier molecular flexibility index (Phi) is 3.85. The van der Waals surface area contributed by atoms with Crippen molar-refractivity contribution in [3.63, 3.8) is 0 Å². The monoisotopic (exact) mass is 308 g/mol. The van der Waals surface area contributed by atoms with Gasteiger partial charge in [-0.1, -0.05) is 30.3 Å². The number of hydrogen-bond acceptors (Lipinski definition) is 5. The fourth-order valence-corrected chi connectivity index (χ4v) is 2.75. The fourth-order valence-electron chi connectivity index (χ4n) is 2.75. The van der Waals surface area contributed by atoms with Crippen molar-refractivity contribution in [3.8, 4) is 6.07 Å². The molecule has 0 spiro atoms. The van der Waals surface area contributed by atoms with Crippen LogP contribution in [0.4, 0.5) is 5.82 Å². The lowest BCUT2D eigenvalue weighted by molar-refractivity contribution is -0.139. The van der Waals surface area contributed by atoms with Gasteiger partial charge in [0.2, 0.25) is 0 Å². The van der Waals surface area contributed by atoms with Gasteiger partial charge in [0.05, 0.1) is 18.4 Å². The SMILES string of the molecule is CCOC(=O)C1=C(C)Nc2c(C#N)cnn2[C@H]1c1ccccc1. The standard InChI is InChI=1S/C17H16N4O2/c1-3-23-17(22)14-11(2)20-16-13(9-18)10-19-21(16)15(14)12-7-5-4-6-8-12/h4-8,10,15,20H,3H2,1-2H3/t15-/m0/s1. The number of nitrogens with zero attached hydrogens (tertiary/aromatic N) is 3. The molecule has 2 aromatic rings. The number of esters is 1. The number of hydrogen-bond donors (Lipinski definition) is 1. The average Bonchev–Trinajstić information content (AvgIpc) is 2.97. The Morgan fingerprint density at radius 1 is 1.43 bits per heavy atom. The number of rotatable bonds is 3. The molecular weight excluding hydrogens is 292 g/mol. The summed E-state index contributed by atoms with van der Waals surface area (Å²) in [5, 5.41) is 16.6. The van der Waals surface area contributed by atoms with Crippen LogP contribution >= 0.6 is 0 Å². The van der Waals surface area contributed by atoms with Crippen LogP contribution in [0, 0.1) is 11.3 Å². The highest BCUT2D eigenvalue weighted by atomic mass is 16.5. The van der Waals surface area contributed by atoms with Crippen LogP contribution in [-0.2, 0) is 9.53 Å². The summed E-state index contributed by atoms with van der Waals surface area (Å²) in [6.45, 7) is 3.88. The highest BCUT2D eigenvalue weighted by Gasteiger charge is 2.34. The minimum absolute atomic E-state index is 0.298. The van der Waals surface area contributed by atoms with E-state index in [1.165, 1.54) is 6.20 Å². The Bertz CT molecular complexity index is 815. The summed E-state index contributed by atoms with van der Waals surface area (Å²) in [4.78, 5) is 12.5. The Hall–Kier alpha value is -3.07. The summed E-state index contributed by atoms with van der Waals surface area (Å²) in [5.41, 5.74) is 2.51. The van der Waals surface area contributed by atoms with E-state index in [1.807, 2.05) is 30.3 Å². The number of nitriles is 1. The average molecular weight is 308 g/mol. The smallest absolute Gasteiger partial charge is 0.338 e. The molecule has 1 aromatic carbocycles. The Morgan fingerprint density at radius 2 is 2.17 bits per heavy atom. The van der Waals surface area contributed by atoms with Gasteiger partial charge in [-0.05, 0) is 19.4 Å². The summed E-state index contributed by atoms with van der Waals surface area (Å²) < 4.78 is 6.87. The third kappa shape index (κ3) is 2.46. The van der Waals surface area contributed by atoms with E-state index >= 15 is 0 Å². The van der Waals surface area contributed by atoms with Crippen LogP contribution in [0.25, 0.3) is 0 Å². The fraction of sp³-hybridized carbons (Fsp3) is 0.235. The van der Waals surface area contributed by atoms with E-state index in [4.69, 9.17) is 4.74 Å². The summed E-state index contributed by atoms with van der Waals surface area (Å²) in [5.74, 6) is 0.206. The largest absolute Gasteiger partial charge is 0.463 e. The second-order valence-electron chi connectivity index (χ2n) is 5.16. The van der Waals surface area contributed by atoms with Crippen molar-refractivity contribution in [1.29, 1.82) is 5.26 Å². The Labute approximate surface area is 134 Å². The lowest BCUT2D eigenvalue weighted by Crippen LogP contribution is -2.29. The molecule has 1 atom stereocenters. The number of allylic oxidation sites excluding steroid dienone is 1. The van der Waals surface area contributed by atoms with Crippen LogP contribution in [0.5, 0.6) is 0 Å². The molecular formula is C17H16N4O2. The molecule has 0 radical (unpaired) electrons. The molecule has 1 aliphatic heterocycles. The molecule has 6 heteroatoms. The zero-order valence-electron chi connectivity index (χ0n) is 12.9. The van der Waals surface area contributed by atoms with Gasteiger partial charge in [-0.25, -0.2) is 9.48 Å². The maximum Gasteiger partial charge on any atom is 0.338 e. The van der Waals surface area contributed by atoms with Gasteiger partial charge < -0.3 is 10.1 Å². The predicted molar refractivity (Wildman–Crippen MR) is 84.5 cm³/mol. The number of anilines is 1. The molecule has 23 heavy (non-hydrogen) atoms. The van der Waals surface area contributed by atoms with Crippen LogP contribution in [0.1, 0.15) is 31.0 Å². The summed E-state index contributed by atoms with van der Waals surface area (Å²) >= 11 is 0. The molecule has 0 unspecified atom stereocenters. The second kappa shape index (κ2) is 5.97. The molecule has 1 aromatic heterocycles. The van der Waals surface area contributed by atoms with E-state index in [0.717, 1.165) is 5.56 Å².